The molecule has 19 heavy (non-hydrogen) atoms. The maximum atomic E-state index is 5.73. The molecule has 0 radical (unpaired) electrons. The molecule has 1 aliphatic heterocycles. The van der Waals surface area contributed by atoms with E-state index in [1.165, 1.54) is 0 Å². The van der Waals surface area contributed by atoms with Gasteiger partial charge in [0, 0.05) is 24.6 Å². The van der Waals surface area contributed by atoms with Crippen LogP contribution in [-0.2, 0) is 14.2 Å². The first-order chi connectivity index (χ1) is 9.24. The van der Waals surface area contributed by atoms with E-state index in [0.29, 0.717) is 26.4 Å². The molecule has 1 heterocycles. The predicted octanol–water partition coefficient (Wildman–Crippen LogP) is 1.83. The van der Waals surface area contributed by atoms with Crippen molar-refractivity contribution in [1.82, 2.24) is 0 Å². The number of rotatable bonds is 5. The highest BCUT2D eigenvalue weighted by atomic mass is 16.7. The van der Waals surface area contributed by atoms with Crippen LogP contribution in [0.1, 0.15) is 13.8 Å². The number of anilines is 2. The molecule has 0 aromatic heterocycles. The lowest BCUT2D eigenvalue weighted by Gasteiger charge is -2.40. The highest BCUT2D eigenvalue weighted by Crippen LogP contribution is 2.24. The van der Waals surface area contributed by atoms with Crippen molar-refractivity contribution in [2.75, 3.05) is 37.0 Å². The van der Waals surface area contributed by atoms with Crippen molar-refractivity contribution in [3.8, 4) is 0 Å². The Labute approximate surface area is 114 Å². The maximum Gasteiger partial charge on any atom is 0.175 e. The van der Waals surface area contributed by atoms with Crippen LogP contribution in [0, 0.1) is 0 Å². The molecule has 0 unspecified atom stereocenters. The summed E-state index contributed by atoms with van der Waals surface area (Å²) in [5.74, 6) is 0. The minimum absolute atomic E-state index is 0.0784. The second kappa shape index (κ2) is 6.75. The molecule has 1 aromatic carbocycles. The zero-order valence-corrected chi connectivity index (χ0v) is 11.5. The van der Waals surface area contributed by atoms with Crippen LogP contribution >= 0.6 is 0 Å². The van der Waals surface area contributed by atoms with Crippen LogP contribution < -0.4 is 10.6 Å². The van der Waals surface area contributed by atoms with Gasteiger partial charge in [-0.15, -0.1) is 0 Å². The number of hydrogen-bond donors (Lipinski definition) is 1. The van der Waals surface area contributed by atoms with E-state index in [4.69, 9.17) is 19.9 Å². The van der Waals surface area contributed by atoms with Crippen LogP contribution in [0.5, 0.6) is 0 Å². The molecule has 106 valence electrons. The molecule has 2 rings (SSSR count). The molecule has 1 aliphatic rings. The third-order valence-corrected chi connectivity index (χ3v) is 3.05. The van der Waals surface area contributed by atoms with Crippen molar-refractivity contribution in [1.29, 1.82) is 0 Å². The van der Waals surface area contributed by atoms with Crippen LogP contribution in [0.2, 0.25) is 0 Å². The van der Waals surface area contributed by atoms with Gasteiger partial charge in [-0.05, 0) is 38.1 Å². The fourth-order valence-corrected chi connectivity index (χ4v) is 2.17. The van der Waals surface area contributed by atoms with Gasteiger partial charge in [0.25, 0.3) is 0 Å². The average Bonchev–Trinajstić information content (AvgIpc) is 2.42. The van der Waals surface area contributed by atoms with E-state index in [0.717, 1.165) is 11.4 Å². The fraction of sp³-hybridized carbons (Fsp3) is 0.571. The molecule has 0 saturated carbocycles. The molecule has 2 atom stereocenters. The standard InChI is InChI=1S/C14H22N2O3/c1-3-17-13-10-19-14(18-4-2)9-16(13)12-7-5-11(15)6-8-12/h5-8,13-14H,3-4,9-10,15H2,1-2H3/t13-,14-/m1/s1. The van der Waals surface area contributed by atoms with Crippen molar-refractivity contribution in [3.63, 3.8) is 0 Å². The van der Waals surface area contributed by atoms with E-state index in [1.54, 1.807) is 0 Å². The fourth-order valence-electron chi connectivity index (χ4n) is 2.17. The van der Waals surface area contributed by atoms with Crippen molar-refractivity contribution in [2.45, 2.75) is 26.4 Å². The van der Waals surface area contributed by atoms with Crippen LogP contribution in [0.25, 0.3) is 0 Å². The normalized spacial score (nSPS) is 23.6. The third kappa shape index (κ3) is 3.59. The van der Waals surface area contributed by atoms with Gasteiger partial charge in [-0.3, -0.25) is 0 Å². The summed E-state index contributed by atoms with van der Waals surface area (Å²) < 4.78 is 16.9. The lowest BCUT2D eigenvalue weighted by Crippen LogP contribution is -2.52. The molecular weight excluding hydrogens is 244 g/mol. The summed E-state index contributed by atoms with van der Waals surface area (Å²) in [6, 6.07) is 7.78. The molecule has 5 heteroatoms. The third-order valence-electron chi connectivity index (χ3n) is 3.05. The number of hydrogen-bond acceptors (Lipinski definition) is 5. The maximum absolute atomic E-state index is 5.73. The summed E-state index contributed by atoms with van der Waals surface area (Å²) in [4.78, 5) is 2.16. The molecule has 1 saturated heterocycles. The molecule has 0 bridgehead atoms. The quantitative estimate of drug-likeness (QED) is 0.824. The Morgan fingerprint density at radius 1 is 1.21 bits per heavy atom. The van der Waals surface area contributed by atoms with E-state index >= 15 is 0 Å². The molecule has 1 aromatic rings. The van der Waals surface area contributed by atoms with Gasteiger partial charge in [0.1, 0.15) is 0 Å². The van der Waals surface area contributed by atoms with E-state index in [2.05, 4.69) is 4.90 Å². The summed E-state index contributed by atoms with van der Waals surface area (Å²) in [6.07, 6.45) is -0.287. The van der Waals surface area contributed by atoms with E-state index in [-0.39, 0.29) is 12.5 Å². The van der Waals surface area contributed by atoms with Crippen LogP contribution in [-0.4, -0.2) is 38.9 Å². The molecule has 1 fully saturated rings. The summed E-state index contributed by atoms with van der Waals surface area (Å²) in [7, 11) is 0. The van der Waals surface area contributed by atoms with Gasteiger partial charge < -0.3 is 24.8 Å². The number of nitrogen functional groups attached to an aromatic ring is 1. The summed E-state index contributed by atoms with van der Waals surface area (Å²) in [6.45, 7) is 6.39. The number of benzene rings is 1. The van der Waals surface area contributed by atoms with Crippen molar-refractivity contribution in [2.24, 2.45) is 0 Å². The first-order valence-electron chi connectivity index (χ1n) is 6.71. The van der Waals surface area contributed by atoms with Gasteiger partial charge in [-0.2, -0.15) is 0 Å². The highest BCUT2D eigenvalue weighted by molar-refractivity contribution is 5.53. The zero-order valence-electron chi connectivity index (χ0n) is 11.5. The van der Waals surface area contributed by atoms with Gasteiger partial charge in [-0.25, -0.2) is 0 Å². The first-order valence-corrected chi connectivity index (χ1v) is 6.71. The van der Waals surface area contributed by atoms with Gasteiger partial charge >= 0.3 is 0 Å². The lowest BCUT2D eigenvalue weighted by atomic mass is 10.2. The summed E-state index contributed by atoms with van der Waals surface area (Å²) >= 11 is 0. The van der Waals surface area contributed by atoms with Crippen molar-refractivity contribution in [3.05, 3.63) is 24.3 Å². The smallest absolute Gasteiger partial charge is 0.175 e. The van der Waals surface area contributed by atoms with Crippen molar-refractivity contribution >= 4 is 11.4 Å². The monoisotopic (exact) mass is 266 g/mol. The second-order valence-corrected chi connectivity index (χ2v) is 4.37. The van der Waals surface area contributed by atoms with Gasteiger partial charge in [0.2, 0.25) is 0 Å². The number of morpholine rings is 1. The Morgan fingerprint density at radius 3 is 2.53 bits per heavy atom. The Kier molecular flexibility index (Phi) is 5.01. The first kappa shape index (κ1) is 14.1. The topological polar surface area (TPSA) is 57.0 Å². The minimum Gasteiger partial charge on any atom is -0.399 e. The molecule has 2 N–H and O–H groups in total. The largest absolute Gasteiger partial charge is 0.399 e. The number of nitrogens with two attached hydrogens (primary N) is 1. The summed E-state index contributed by atoms with van der Waals surface area (Å²) in [5, 5.41) is 0. The van der Waals surface area contributed by atoms with Crippen LogP contribution in [0.3, 0.4) is 0 Å². The Balaban J connectivity index is 2.12. The van der Waals surface area contributed by atoms with Crippen LogP contribution in [0.15, 0.2) is 24.3 Å². The van der Waals surface area contributed by atoms with E-state index in [1.807, 2.05) is 38.1 Å². The van der Waals surface area contributed by atoms with Crippen molar-refractivity contribution < 1.29 is 14.2 Å². The summed E-state index contributed by atoms with van der Waals surface area (Å²) in [5.41, 5.74) is 7.55. The highest BCUT2D eigenvalue weighted by Gasteiger charge is 2.29. The molecule has 0 aliphatic carbocycles. The lowest BCUT2D eigenvalue weighted by molar-refractivity contribution is -0.179. The zero-order chi connectivity index (χ0) is 13.7. The minimum atomic E-state index is -0.209. The molecular formula is C14H22N2O3. The van der Waals surface area contributed by atoms with Gasteiger partial charge in [0.05, 0.1) is 13.2 Å². The Bertz CT molecular complexity index is 383. The molecule has 0 spiro atoms. The number of ether oxygens (including phenoxy) is 3. The Hall–Kier alpha value is -1.30. The second-order valence-electron chi connectivity index (χ2n) is 4.37. The van der Waals surface area contributed by atoms with E-state index < -0.39 is 0 Å². The Morgan fingerprint density at radius 2 is 1.89 bits per heavy atom. The molecule has 5 nitrogen and oxygen atoms in total. The number of nitrogens with zero attached hydrogens (tertiary/aromatic N) is 1. The van der Waals surface area contributed by atoms with Gasteiger partial charge in [-0.1, -0.05) is 0 Å². The SMILES string of the molecule is CCO[C@H]1CN(c2ccc(N)cc2)[C@H](OCC)CO1. The van der Waals surface area contributed by atoms with Gasteiger partial charge in [0.15, 0.2) is 12.5 Å². The molecule has 0 amide bonds. The average molecular weight is 266 g/mol. The predicted molar refractivity (Wildman–Crippen MR) is 75.0 cm³/mol. The van der Waals surface area contributed by atoms with E-state index in [9.17, 15) is 0 Å². The van der Waals surface area contributed by atoms with Crippen LogP contribution in [0.4, 0.5) is 11.4 Å².